The van der Waals surface area contributed by atoms with Crippen LogP contribution in [0, 0.1) is 0 Å². The topological polar surface area (TPSA) is 25.8 Å². The van der Waals surface area contributed by atoms with Crippen LogP contribution >= 0.6 is 11.6 Å². The van der Waals surface area contributed by atoms with Gasteiger partial charge < -0.3 is 0 Å². The molecular weight excluding hydrogens is 244 g/mol. The first-order chi connectivity index (χ1) is 8.88. The zero-order valence-electron chi connectivity index (χ0n) is 9.68. The van der Waals surface area contributed by atoms with Crippen LogP contribution < -0.4 is 0 Å². The minimum absolute atomic E-state index is 0.440. The summed E-state index contributed by atoms with van der Waals surface area (Å²) in [4.78, 5) is 8.75. The predicted molar refractivity (Wildman–Crippen MR) is 74.5 cm³/mol. The quantitative estimate of drug-likeness (QED) is 0.645. The standard InChI is InChI=1S/C15H11ClN2/c16-8-11-9-17-15(18-10-11)14-7-3-5-12-4-1-2-6-13(12)14/h1-7,9-10H,8H2. The molecule has 0 aliphatic rings. The van der Waals surface area contributed by atoms with E-state index in [0.29, 0.717) is 5.88 Å². The van der Waals surface area contributed by atoms with Crippen LogP contribution in [0.4, 0.5) is 0 Å². The smallest absolute Gasteiger partial charge is 0.159 e. The summed E-state index contributed by atoms with van der Waals surface area (Å²) >= 11 is 5.74. The van der Waals surface area contributed by atoms with Gasteiger partial charge in [0.1, 0.15) is 0 Å². The molecule has 0 spiro atoms. The summed E-state index contributed by atoms with van der Waals surface area (Å²) in [6.45, 7) is 0. The summed E-state index contributed by atoms with van der Waals surface area (Å²) in [6, 6.07) is 14.4. The van der Waals surface area contributed by atoms with Crippen molar-refractivity contribution in [2.75, 3.05) is 0 Å². The van der Waals surface area contributed by atoms with E-state index in [1.165, 1.54) is 10.8 Å². The highest BCUT2D eigenvalue weighted by molar-refractivity contribution is 6.17. The number of rotatable bonds is 2. The molecule has 0 N–H and O–H groups in total. The fourth-order valence-corrected chi connectivity index (χ4v) is 2.12. The summed E-state index contributed by atoms with van der Waals surface area (Å²) < 4.78 is 0. The Morgan fingerprint density at radius 1 is 0.889 bits per heavy atom. The van der Waals surface area contributed by atoms with Crippen LogP contribution in [0.2, 0.25) is 0 Å². The van der Waals surface area contributed by atoms with E-state index in [1.807, 2.05) is 24.3 Å². The summed E-state index contributed by atoms with van der Waals surface area (Å²) in [5.74, 6) is 1.18. The van der Waals surface area contributed by atoms with Crippen LogP contribution in [-0.2, 0) is 5.88 Å². The molecule has 0 saturated carbocycles. The molecule has 2 aromatic carbocycles. The zero-order chi connectivity index (χ0) is 12.4. The lowest BCUT2D eigenvalue weighted by Crippen LogP contribution is -1.91. The Bertz CT molecular complexity index is 672. The van der Waals surface area contributed by atoms with E-state index in [-0.39, 0.29) is 0 Å². The lowest BCUT2D eigenvalue weighted by molar-refractivity contribution is 1.13. The Morgan fingerprint density at radius 2 is 1.61 bits per heavy atom. The molecule has 18 heavy (non-hydrogen) atoms. The third kappa shape index (κ3) is 1.95. The van der Waals surface area contributed by atoms with Gasteiger partial charge in [-0.25, -0.2) is 9.97 Å². The van der Waals surface area contributed by atoms with Crippen molar-refractivity contribution in [3.05, 3.63) is 60.4 Å². The largest absolute Gasteiger partial charge is 0.236 e. The molecule has 0 saturated heterocycles. The molecule has 0 atom stereocenters. The van der Waals surface area contributed by atoms with E-state index in [1.54, 1.807) is 12.4 Å². The average Bonchev–Trinajstić information content (AvgIpc) is 2.47. The van der Waals surface area contributed by atoms with Crippen molar-refractivity contribution >= 4 is 22.4 Å². The second-order valence-electron chi connectivity index (χ2n) is 4.08. The Balaban J connectivity index is 2.18. The van der Waals surface area contributed by atoms with Crippen molar-refractivity contribution in [2.24, 2.45) is 0 Å². The van der Waals surface area contributed by atoms with E-state index >= 15 is 0 Å². The number of hydrogen-bond donors (Lipinski definition) is 0. The van der Waals surface area contributed by atoms with Gasteiger partial charge in [-0.15, -0.1) is 11.6 Å². The van der Waals surface area contributed by atoms with E-state index in [9.17, 15) is 0 Å². The average molecular weight is 255 g/mol. The second kappa shape index (κ2) is 4.75. The van der Waals surface area contributed by atoms with E-state index in [4.69, 9.17) is 11.6 Å². The molecule has 0 aliphatic heterocycles. The molecule has 0 amide bonds. The molecule has 88 valence electrons. The maximum atomic E-state index is 5.74. The van der Waals surface area contributed by atoms with Crippen molar-refractivity contribution in [2.45, 2.75) is 5.88 Å². The van der Waals surface area contributed by atoms with Gasteiger partial charge >= 0.3 is 0 Å². The first kappa shape index (κ1) is 11.2. The molecule has 0 unspecified atom stereocenters. The molecule has 3 aromatic rings. The van der Waals surface area contributed by atoms with Gasteiger partial charge in [0, 0.05) is 23.5 Å². The number of fused-ring (bicyclic) bond motifs is 1. The molecule has 1 heterocycles. The number of aromatic nitrogens is 2. The minimum atomic E-state index is 0.440. The van der Waals surface area contributed by atoms with Gasteiger partial charge in [0.25, 0.3) is 0 Å². The van der Waals surface area contributed by atoms with Crippen LogP contribution in [0.3, 0.4) is 0 Å². The number of benzene rings is 2. The third-order valence-corrected chi connectivity index (χ3v) is 3.20. The van der Waals surface area contributed by atoms with Crippen molar-refractivity contribution < 1.29 is 0 Å². The van der Waals surface area contributed by atoms with Crippen LogP contribution in [-0.4, -0.2) is 9.97 Å². The van der Waals surface area contributed by atoms with E-state index in [2.05, 4.69) is 28.2 Å². The van der Waals surface area contributed by atoms with Gasteiger partial charge in [-0.2, -0.15) is 0 Å². The fourth-order valence-electron chi connectivity index (χ4n) is 1.98. The van der Waals surface area contributed by atoms with Gasteiger partial charge in [0.2, 0.25) is 0 Å². The Labute approximate surface area is 110 Å². The normalized spacial score (nSPS) is 10.7. The van der Waals surface area contributed by atoms with Gasteiger partial charge in [-0.1, -0.05) is 42.5 Å². The number of alkyl halides is 1. The number of halogens is 1. The fraction of sp³-hybridized carbons (Fsp3) is 0.0667. The first-order valence-corrected chi connectivity index (χ1v) is 6.27. The lowest BCUT2D eigenvalue weighted by atomic mass is 10.0. The molecule has 3 heteroatoms. The molecule has 3 rings (SSSR count). The first-order valence-electron chi connectivity index (χ1n) is 5.73. The van der Waals surface area contributed by atoms with Gasteiger partial charge in [-0.05, 0) is 10.8 Å². The van der Waals surface area contributed by atoms with E-state index < -0.39 is 0 Å². The number of nitrogens with zero attached hydrogens (tertiary/aromatic N) is 2. The zero-order valence-corrected chi connectivity index (χ0v) is 10.4. The highest BCUT2D eigenvalue weighted by Gasteiger charge is 2.05. The third-order valence-electron chi connectivity index (χ3n) is 2.89. The van der Waals surface area contributed by atoms with Crippen LogP contribution in [0.25, 0.3) is 22.2 Å². The minimum Gasteiger partial charge on any atom is -0.236 e. The van der Waals surface area contributed by atoms with Gasteiger partial charge in [0.15, 0.2) is 5.82 Å². The van der Waals surface area contributed by atoms with Crippen LogP contribution in [0.1, 0.15) is 5.56 Å². The van der Waals surface area contributed by atoms with Gasteiger partial charge in [0.05, 0.1) is 5.88 Å². The summed E-state index contributed by atoms with van der Waals surface area (Å²) in [7, 11) is 0. The molecule has 0 fully saturated rings. The molecule has 2 nitrogen and oxygen atoms in total. The Hall–Kier alpha value is -1.93. The highest BCUT2D eigenvalue weighted by atomic mass is 35.5. The Morgan fingerprint density at radius 3 is 2.39 bits per heavy atom. The van der Waals surface area contributed by atoms with Crippen molar-refractivity contribution in [1.82, 2.24) is 9.97 Å². The molecule has 0 aliphatic carbocycles. The van der Waals surface area contributed by atoms with Crippen molar-refractivity contribution in [3.63, 3.8) is 0 Å². The maximum absolute atomic E-state index is 5.74. The molecular formula is C15H11ClN2. The monoisotopic (exact) mass is 254 g/mol. The predicted octanol–water partition coefficient (Wildman–Crippen LogP) is 4.04. The second-order valence-corrected chi connectivity index (χ2v) is 4.34. The highest BCUT2D eigenvalue weighted by Crippen LogP contribution is 2.25. The SMILES string of the molecule is ClCc1cnc(-c2cccc3ccccc23)nc1. The Kier molecular flexibility index (Phi) is 2.95. The summed E-state index contributed by atoms with van der Waals surface area (Å²) in [5.41, 5.74) is 1.98. The van der Waals surface area contributed by atoms with Crippen LogP contribution in [0.5, 0.6) is 0 Å². The maximum Gasteiger partial charge on any atom is 0.159 e. The number of hydrogen-bond acceptors (Lipinski definition) is 2. The van der Waals surface area contributed by atoms with Gasteiger partial charge in [-0.3, -0.25) is 0 Å². The van der Waals surface area contributed by atoms with Crippen molar-refractivity contribution in [3.8, 4) is 11.4 Å². The summed E-state index contributed by atoms with van der Waals surface area (Å²) in [5, 5.41) is 2.36. The molecule has 1 aromatic heterocycles. The lowest BCUT2D eigenvalue weighted by Gasteiger charge is -2.05. The molecule has 0 bridgehead atoms. The molecule has 0 radical (unpaired) electrons. The van der Waals surface area contributed by atoms with Crippen molar-refractivity contribution in [1.29, 1.82) is 0 Å². The van der Waals surface area contributed by atoms with Crippen LogP contribution in [0.15, 0.2) is 54.9 Å². The summed E-state index contributed by atoms with van der Waals surface area (Å²) in [6.07, 6.45) is 3.55. The van der Waals surface area contributed by atoms with E-state index in [0.717, 1.165) is 17.0 Å².